The molecule has 1 aromatic carbocycles. The number of rotatable bonds is 4. The van der Waals surface area contributed by atoms with Crippen molar-refractivity contribution in [3.05, 3.63) is 64.2 Å². The molecule has 24 heavy (non-hydrogen) atoms. The second kappa shape index (κ2) is 7.07. The van der Waals surface area contributed by atoms with Gasteiger partial charge in [0.2, 0.25) is 0 Å². The van der Waals surface area contributed by atoms with E-state index in [2.05, 4.69) is 16.0 Å². The van der Waals surface area contributed by atoms with Gasteiger partial charge < -0.3 is 4.74 Å². The fourth-order valence-corrected chi connectivity index (χ4v) is 3.15. The Hall–Kier alpha value is -2.97. The minimum atomic E-state index is 0.546. The standard InChI is InChI=1S/C19H15N3OS/c1-13-9-14(3-4-18(13)23-2)10-16(11-20)19-22-17(12-24-19)15-5-7-21-8-6-15/h3-10,12H,1-2H3/b16-10-. The summed E-state index contributed by atoms with van der Waals surface area (Å²) in [6.45, 7) is 1.98. The number of pyridine rings is 1. The van der Waals surface area contributed by atoms with E-state index in [0.717, 1.165) is 28.1 Å². The number of hydrogen-bond acceptors (Lipinski definition) is 5. The molecular formula is C19H15N3OS. The Labute approximate surface area is 144 Å². The lowest BCUT2D eigenvalue weighted by Crippen LogP contribution is -1.88. The predicted molar refractivity (Wildman–Crippen MR) is 96.6 cm³/mol. The van der Waals surface area contributed by atoms with Crippen molar-refractivity contribution in [3.63, 3.8) is 0 Å². The molecule has 3 aromatic rings. The number of allylic oxidation sites excluding steroid dienone is 1. The minimum Gasteiger partial charge on any atom is -0.496 e. The average Bonchev–Trinajstić information content (AvgIpc) is 3.10. The molecule has 0 aliphatic heterocycles. The number of hydrogen-bond donors (Lipinski definition) is 0. The molecule has 0 saturated heterocycles. The maximum Gasteiger partial charge on any atom is 0.134 e. The topological polar surface area (TPSA) is 58.8 Å². The first-order chi connectivity index (χ1) is 11.7. The first-order valence-electron chi connectivity index (χ1n) is 7.34. The Morgan fingerprint density at radius 3 is 2.71 bits per heavy atom. The van der Waals surface area contributed by atoms with Crippen LogP contribution in [0.1, 0.15) is 16.1 Å². The SMILES string of the molecule is COc1ccc(/C=C(/C#N)c2nc(-c3ccncc3)cs2)cc1C. The van der Waals surface area contributed by atoms with E-state index in [1.54, 1.807) is 19.5 Å². The van der Waals surface area contributed by atoms with Crippen LogP contribution in [-0.2, 0) is 0 Å². The summed E-state index contributed by atoms with van der Waals surface area (Å²) in [7, 11) is 1.65. The molecule has 0 radical (unpaired) electrons. The zero-order chi connectivity index (χ0) is 16.9. The van der Waals surface area contributed by atoms with Gasteiger partial charge in [0.25, 0.3) is 0 Å². The highest BCUT2D eigenvalue weighted by Crippen LogP contribution is 2.27. The van der Waals surface area contributed by atoms with Crippen LogP contribution < -0.4 is 4.74 Å². The van der Waals surface area contributed by atoms with Crippen LogP contribution in [0, 0.1) is 18.3 Å². The maximum absolute atomic E-state index is 9.50. The molecule has 0 spiro atoms. The van der Waals surface area contributed by atoms with Gasteiger partial charge in [-0.3, -0.25) is 4.98 Å². The highest BCUT2D eigenvalue weighted by molar-refractivity contribution is 7.11. The van der Waals surface area contributed by atoms with E-state index in [4.69, 9.17) is 4.74 Å². The third-order valence-corrected chi connectivity index (χ3v) is 4.44. The van der Waals surface area contributed by atoms with E-state index in [1.807, 2.05) is 48.7 Å². The van der Waals surface area contributed by atoms with Crippen LogP contribution in [0.3, 0.4) is 0 Å². The number of nitriles is 1. The summed E-state index contributed by atoms with van der Waals surface area (Å²) < 4.78 is 5.27. The van der Waals surface area contributed by atoms with E-state index < -0.39 is 0 Å². The normalized spacial score (nSPS) is 11.1. The second-order valence-electron chi connectivity index (χ2n) is 5.17. The third-order valence-electron chi connectivity index (χ3n) is 3.56. The molecule has 0 saturated carbocycles. The van der Waals surface area contributed by atoms with Gasteiger partial charge in [-0.2, -0.15) is 5.26 Å². The monoisotopic (exact) mass is 333 g/mol. The number of benzene rings is 1. The van der Waals surface area contributed by atoms with Gasteiger partial charge in [0.05, 0.1) is 18.4 Å². The van der Waals surface area contributed by atoms with Gasteiger partial charge >= 0.3 is 0 Å². The quantitative estimate of drug-likeness (QED) is 0.655. The minimum absolute atomic E-state index is 0.546. The number of aromatic nitrogens is 2. The number of thiazole rings is 1. The summed E-state index contributed by atoms with van der Waals surface area (Å²) in [5.74, 6) is 0.833. The highest BCUT2D eigenvalue weighted by atomic mass is 32.1. The Kier molecular flexibility index (Phi) is 4.69. The van der Waals surface area contributed by atoms with Crippen LogP contribution in [0.4, 0.5) is 0 Å². The summed E-state index contributed by atoms with van der Waals surface area (Å²) in [4.78, 5) is 8.59. The third kappa shape index (κ3) is 3.34. The molecule has 3 rings (SSSR count). The largest absolute Gasteiger partial charge is 0.496 e. The van der Waals surface area contributed by atoms with E-state index >= 15 is 0 Å². The zero-order valence-corrected chi connectivity index (χ0v) is 14.2. The van der Waals surface area contributed by atoms with E-state index in [-0.39, 0.29) is 0 Å². The molecule has 5 heteroatoms. The molecule has 0 aliphatic carbocycles. The van der Waals surface area contributed by atoms with Crippen molar-refractivity contribution < 1.29 is 4.74 Å². The lowest BCUT2D eigenvalue weighted by molar-refractivity contribution is 0.411. The second-order valence-corrected chi connectivity index (χ2v) is 6.03. The molecule has 0 bridgehead atoms. The van der Waals surface area contributed by atoms with Crippen LogP contribution in [-0.4, -0.2) is 17.1 Å². The fourth-order valence-electron chi connectivity index (χ4n) is 2.35. The van der Waals surface area contributed by atoms with Crippen LogP contribution >= 0.6 is 11.3 Å². The Balaban J connectivity index is 1.94. The molecule has 0 N–H and O–H groups in total. The van der Waals surface area contributed by atoms with Crippen LogP contribution in [0.2, 0.25) is 0 Å². The van der Waals surface area contributed by atoms with Crippen LogP contribution in [0.5, 0.6) is 5.75 Å². The van der Waals surface area contributed by atoms with E-state index in [9.17, 15) is 5.26 Å². The molecule has 118 valence electrons. The van der Waals surface area contributed by atoms with Gasteiger partial charge in [-0.25, -0.2) is 4.98 Å². The van der Waals surface area contributed by atoms with Crippen molar-refractivity contribution in [2.75, 3.05) is 7.11 Å². The van der Waals surface area contributed by atoms with E-state index in [0.29, 0.717) is 10.6 Å². The number of ether oxygens (including phenoxy) is 1. The zero-order valence-electron chi connectivity index (χ0n) is 13.4. The molecule has 0 amide bonds. The number of aryl methyl sites for hydroxylation is 1. The van der Waals surface area contributed by atoms with Crippen LogP contribution in [0.15, 0.2) is 48.1 Å². The van der Waals surface area contributed by atoms with Gasteiger partial charge in [0.1, 0.15) is 16.8 Å². The lowest BCUT2D eigenvalue weighted by Gasteiger charge is -2.05. The summed E-state index contributed by atoms with van der Waals surface area (Å²) in [6, 6.07) is 11.9. The van der Waals surface area contributed by atoms with Crippen molar-refractivity contribution in [1.82, 2.24) is 9.97 Å². The van der Waals surface area contributed by atoms with Gasteiger partial charge in [0.15, 0.2) is 0 Å². The molecule has 2 heterocycles. The van der Waals surface area contributed by atoms with Gasteiger partial charge in [0, 0.05) is 23.3 Å². The summed E-state index contributed by atoms with van der Waals surface area (Å²) in [5.41, 5.74) is 4.37. The van der Waals surface area contributed by atoms with Crippen molar-refractivity contribution in [2.45, 2.75) is 6.92 Å². The van der Waals surface area contributed by atoms with Crippen molar-refractivity contribution in [3.8, 4) is 23.1 Å². The fraction of sp³-hybridized carbons (Fsp3) is 0.105. The lowest BCUT2D eigenvalue weighted by atomic mass is 10.1. The molecule has 2 aromatic heterocycles. The van der Waals surface area contributed by atoms with Crippen LogP contribution in [0.25, 0.3) is 22.9 Å². The number of nitrogens with zero attached hydrogens (tertiary/aromatic N) is 3. The number of methoxy groups -OCH3 is 1. The first-order valence-corrected chi connectivity index (χ1v) is 8.22. The van der Waals surface area contributed by atoms with Gasteiger partial charge in [-0.1, -0.05) is 6.07 Å². The van der Waals surface area contributed by atoms with Crippen molar-refractivity contribution in [1.29, 1.82) is 5.26 Å². The van der Waals surface area contributed by atoms with Gasteiger partial charge in [-0.05, 0) is 48.4 Å². The van der Waals surface area contributed by atoms with Gasteiger partial charge in [-0.15, -0.1) is 11.3 Å². The Morgan fingerprint density at radius 1 is 1.25 bits per heavy atom. The van der Waals surface area contributed by atoms with Crippen molar-refractivity contribution >= 4 is 23.0 Å². The van der Waals surface area contributed by atoms with Crippen molar-refractivity contribution in [2.24, 2.45) is 0 Å². The summed E-state index contributed by atoms with van der Waals surface area (Å²) >= 11 is 1.46. The molecule has 0 atom stereocenters. The maximum atomic E-state index is 9.50. The van der Waals surface area contributed by atoms with E-state index in [1.165, 1.54) is 11.3 Å². The predicted octanol–water partition coefficient (Wildman–Crippen LogP) is 4.59. The Morgan fingerprint density at radius 2 is 2.04 bits per heavy atom. The molecule has 0 fully saturated rings. The average molecular weight is 333 g/mol. The highest BCUT2D eigenvalue weighted by Gasteiger charge is 2.09. The first kappa shape index (κ1) is 15.9. The molecule has 0 aliphatic rings. The summed E-state index contributed by atoms with van der Waals surface area (Å²) in [6.07, 6.45) is 5.31. The summed E-state index contributed by atoms with van der Waals surface area (Å²) in [5, 5.41) is 12.2. The molecule has 0 unspecified atom stereocenters. The molecular weight excluding hydrogens is 318 g/mol. The smallest absolute Gasteiger partial charge is 0.134 e. The Bertz CT molecular complexity index is 923. The molecule has 4 nitrogen and oxygen atoms in total.